The first kappa shape index (κ1) is 12.4. The van der Waals surface area contributed by atoms with Gasteiger partial charge in [0.25, 0.3) is 0 Å². The number of β-amino-alcohol motifs (C(OH)–C–C–N with tert-alkyl or cyclic N) is 1. The highest BCUT2D eigenvalue weighted by Gasteiger charge is 2.21. The second-order valence-electron chi connectivity index (χ2n) is 5.11. The molecule has 1 unspecified atom stereocenters. The van der Waals surface area contributed by atoms with Gasteiger partial charge in [0, 0.05) is 30.6 Å². The summed E-state index contributed by atoms with van der Waals surface area (Å²) >= 11 is 0. The van der Waals surface area contributed by atoms with E-state index in [4.69, 9.17) is 10.7 Å². The van der Waals surface area contributed by atoms with E-state index in [1.807, 2.05) is 18.2 Å². The van der Waals surface area contributed by atoms with E-state index in [1.54, 1.807) is 0 Å². The molecule has 1 aromatic heterocycles. The van der Waals surface area contributed by atoms with Gasteiger partial charge in [-0.1, -0.05) is 18.2 Å². The number of pyridine rings is 1. The Morgan fingerprint density at radius 1 is 1.37 bits per heavy atom. The Hall–Kier alpha value is -1.65. The van der Waals surface area contributed by atoms with Crippen LogP contribution in [0.4, 0.5) is 5.82 Å². The molecule has 100 valence electrons. The zero-order chi connectivity index (χ0) is 13.2. The largest absolute Gasteiger partial charge is 0.391 e. The number of para-hydroxylation sites is 1. The van der Waals surface area contributed by atoms with Crippen molar-refractivity contribution >= 4 is 16.7 Å². The monoisotopic (exact) mass is 257 g/mol. The van der Waals surface area contributed by atoms with Crippen molar-refractivity contribution in [2.75, 3.05) is 18.0 Å². The number of aliphatic hydroxyl groups excluding tert-OH is 1. The van der Waals surface area contributed by atoms with E-state index in [0.717, 1.165) is 41.7 Å². The highest BCUT2D eigenvalue weighted by molar-refractivity contribution is 5.81. The van der Waals surface area contributed by atoms with Crippen molar-refractivity contribution in [2.45, 2.75) is 25.5 Å². The van der Waals surface area contributed by atoms with Crippen molar-refractivity contribution in [1.82, 2.24) is 4.98 Å². The van der Waals surface area contributed by atoms with Crippen LogP contribution in [0.2, 0.25) is 0 Å². The first-order chi connectivity index (χ1) is 9.28. The van der Waals surface area contributed by atoms with E-state index in [2.05, 4.69) is 17.0 Å². The normalized spacial score (nSPS) is 19.9. The van der Waals surface area contributed by atoms with Gasteiger partial charge in [-0.05, 0) is 25.0 Å². The van der Waals surface area contributed by atoms with Gasteiger partial charge in [0.1, 0.15) is 5.82 Å². The number of aromatic nitrogens is 1. The molecule has 1 aliphatic rings. The number of benzene rings is 1. The molecule has 1 saturated heterocycles. The molecule has 4 nitrogen and oxygen atoms in total. The highest BCUT2D eigenvalue weighted by atomic mass is 16.3. The first-order valence-corrected chi connectivity index (χ1v) is 6.79. The lowest BCUT2D eigenvalue weighted by molar-refractivity contribution is 0.154. The Bertz CT molecular complexity index is 585. The molecule has 0 saturated carbocycles. The van der Waals surface area contributed by atoms with Gasteiger partial charge in [0.15, 0.2) is 0 Å². The molecule has 1 fully saturated rings. The number of piperidine rings is 1. The third kappa shape index (κ3) is 2.41. The van der Waals surface area contributed by atoms with Crippen LogP contribution in [-0.4, -0.2) is 29.3 Å². The van der Waals surface area contributed by atoms with E-state index in [-0.39, 0.29) is 6.10 Å². The molecule has 0 radical (unpaired) electrons. The summed E-state index contributed by atoms with van der Waals surface area (Å²) in [6.07, 6.45) is 1.62. The van der Waals surface area contributed by atoms with E-state index in [9.17, 15) is 5.11 Å². The van der Waals surface area contributed by atoms with Gasteiger partial charge in [-0.3, -0.25) is 0 Å². The number of rotatable bonds is 2. The molecule has 4 heteroatoms. The maximum absolute atomic E-state index is 9.82. The van der Waals surface area contributed by atoms with E-state index < -0.39 is 0 Å². The average molecular weight is 257 g/mol. The lowest BCUT2D eigenvalue weighted by Gasteiger charge is -2.32. The third-order valence-corrected chi connectivity index (χ3v) is 3.70. The van der Waals surface area contributed by atoms with Gasteiger partial charge >= 0.3 is 0 Å². The standard InChI is InChI=1S/C15H19N3O/c16-9-12-8-11-4-1-2-6-14(11)17-15(12)18-7-3-5-13(19)10-18/h1-2,4,6,8,13,19H,3,5,7,9-10,16H2. The summed E-state index contributed by atoms with van der Waals surface area (Å²) in [7, 11) is 0. The SMILES string of the molecule is NCc1cc2ccccc2nc1N1CCCC(O)C1. The second-order valence-corrected chi connectivity index (χ2v) is 5.11. The number of hydrogen-bond acceptors (Lipinski definition) is 4. The molecular weight excluding hydrogens is 238 g/mol. The fourth-order valence-electron chi connectivity index (χ4n) is 2.72. The van der Waals surface area contributed by atoms with E-state index >= 15 is 0 Å². The number of hydrogen-bond donors (Lipinski definition) is 2. The Kier molecular flexibility index (Phi) is 3.36. The van der Waals surface area contributed by atoms with Crippen molar-refractivity contribution in [3.63, 3.8) is 0 Å². The molecule has 1 aliphatic heterocycles. The topological polar surface area (TPSA) is 62.4 Å². The Balaban J connectivity index is 2.05. The minimum atomic E-state index is -0.257. The minimum absolute atomic E-state index is 0.257. The summed E-state index contributed by atoms with van der Waals surface area (Å²) in [6, 6.07) is 10.2. The van der Waals surface area contributed by atoms with Crippen molar-refractivity contribution < 1.29 is 5.11 Å². The predicted molar refractivity (Wildman–Crippen MR) is 77.1 cm³/mol. The molecule has 0 spiro atoms. The van der Waals surface area contributed by atoms with Crippen LogP contribution in [-0.2, 0) is 6.54 Å². The average Bonchev–Trinajstić information content (AvgIpc) is 2.46. The highest BCUT2D eigenvalue weighted by Crippen LogP contribution is 2.25. The zero-order valence-corrected chi connectivity index (χ0v) is 10.9. The van der Waals surface area contributed by atoms with Crippen LogP contribution in [0, 0.1) is 0 Å². The number of nitrogens with two attached hydrogens (primary N) is 1. The summed E-state index contributed by atoms with van der Waals surface area (Å²) in [5, 5.41) is 10.9. The van der Waals surface area contributed by atoms with Crippen molar-refractivity contribution in [2.24, 2.45) is 5.73 Å². The van der Waals surface area contributed by atoms with Gasteiger partial charge in [0.2, 0.25) is 0 Å². The molecule has 3 rings (SSSR count). The lowest BCUT2D eigenvalue weighted by atomic mass is 10.1. The van der Waals surface area contributed by atoms with Gasteiger partial charge in [-0.25, -0.2) is 4.98 Å². The number of fused-ring (bicyclic) bond motifs is 1. The maximum atomic E-state index is 9.82. The smallest absolute Gasteiger partial charge is 0.133 e. The lowest BCUT2D eigenvalue weighted by Crippen LogP contribution is -2.39. The molecular formula is C15H19N3O. The predicted octanol–water partition coefficient (Wildman–Crippen LogP) is 1.65. The number of nitrogens with zero attached hydrogens (tertiary/aromatic N) is 2. The van der Waals surface area contributed by atoms with Crippen LogP contribution < -0.4 is 10.6 Å². The Labute approximate surface area is 112 Å². The molecule has 1 aromatic carbocycles. The van der Waals surface area contributed by atoms with Crippen LogP contribution in [0.5, 0.6) is 0 Å². The van der Waals surface area contributed by atoms with Gasteiger partial charge in [-0.2, -0.15) is 0 Å². The Morgan fingerprint density at radius 2 is 2.21 bits per heavy atom. The fraction of sp³-hybridized carbons (Fsp3) is 0.400. The van der Waals surface area contributed by atoms with E-state index in [1.165, 1.54) is 0 Å². The quantitative estimate of drug-likeness (QED) is 0.859. The van der Waals surface area contributed by atoms with Crippen molar-refractivity contribution in [3.05, 3.63) is 35.9 Å². The van der Waals surface area contributed by atoms with Crippen LogP contribution in [0.15, 0.2) is 30.3 Å². The number of anilines is 1. The van der Waals surface area contributed by atoms with Crippen molar-refractivity contribution in [1.29, 1.82) is 0 Å². The summed E-state index contributed by atoms with van der Waals surface area (Å²) < 4.78 is 0. The minimum Gasteiger partial charge on any atom is -0.391 e. The van der Waals surface area contributed by atoms with Crippen LogP contribution in [0.3, 0.4) is 0 Å². The van der Waals surface area contributed by atoms with Gasteiger partial charge in [0.05, 0.1) is 11.6 Å². The van der Waals surface area contributed by atoms with Crippen LogP contribution >= 0.6 is 0 Å². The third-order valence-electron chi connectivity index (χ3n) is 3.70. The molecule has 2 heterocycles. The summed E-state index contributed by atoms with van der Waals surface area (Å²) in [5.74, 6) is 0.931. The van der Waals surface area contributed by atoms with E-state index in [0.29, 0.717) is 13.1 Å². The van der Waals surface area contributed by atoms with Crippen molar-refractivity contribution in [3.8, 4) is 0 Å². The maximum Gasteiger partial charge on any atom is 0.133 e. The van der Waals surface area contributed by atoms with Crippen LogP contribution in [0.25, 0.3) is 10.9 Å². The molecule has 2 aromatic rings. The Morgan fingerprint density at radius 3 is 3.00 bits per heavy atom. The zero-order valence-electron chi connectivity index (χ0n) is 10.9. The summed E-state index contributed by atoms with van der Waals surface area (Å²) in [5.41, 5.74) is 7.88. The van der Waals surface area contributed by atoms with Crippen LogP contribution in [0.1, 0.15) is 18.4 Å². The number of aliphatic hydroxyl groups is 1. The van der Waals surface area contributed by atoms with Gasteiger partial charge in [-0.15, -0.1) is 0 Å². The second kappa shape index (κ2) is 5.15. The first-order valence-electron chi connectivity index (χ1n) is 6.79. The molecule has 3 N–H and O–H groups in total. The molecule has 0 bridgehead atoms. The molecule has 0 aliphatic carbocycles. The summed E-state index contributed by atoms with van der Waals surface area (Å²) in [6.45, 7) is 2.06. The molecule has 19 heavy (non-hydrogen) atoms. The van der Waals surface area contributed by atoms with Gasteiger partial charge < -0.3 is 15.7 Å². The molecule has 0 amide bonds. The summed E-state index contributed by atoms with van der Waals surface area (Å²) in [4.78, 5) is 6.89. The fourth-order valence-corrected chi connectivity index (χ4v) is 2.72. The molecule has 1 atom stereocenters.